The van der Waals surface area contributed by atoms with Crippen molar-refractivity contribution < 1.29 is 9.72 Å². The van der Waals surface area contributed by atoms with Crippen LogP contribution in [0.25, 0.3) is 0 Å². The average molecular weight is 405 g/mol. The predicted molar refractivity (Wildman–Crippen MR) is 114 cm³/mol. The minimum Gasteiger partial charge on any atom is -0.356 e. The highest BCUT2D eigenvalue weighted by Crippen LogP contribution is 2.13. The summed E-state index contributed by atoms with van der Waals surface area (Å²) in [5.41, 5.74) is 1.01. The first-order valence-electron chi connectivity index (χ1n) is 10.2. The number of nitro benzene ring substituents is 1. The predicted octanol–water partition coefficient (Wildman–Crippen LogP) is 1.59. The number of piperazine rings is 1. The fourth-order valence-electron chi connectivity index (χ4n) is 3.08. The maximum absolute atomic E-state index is 12.0. The van der Waals surface area contributed by atoms with Crippen molar-refractivity contribution in [2.24, 2.45) is 4.99 Å². The number of nitrogens with zero attached hydrogens (tertiary/aromatic N) is 4. The number of carbonyl (C=O) groups is 1. The molecule has 1 heterocycles. The summed E-state index contributed by atoms with van der Waals surface area (Å²) in [7, 11) is 0. The second kappa shape index (κ2) is 11.4. The number of hydrogen-bond acceptors (Lipinski definition) is 5. The van der Waals surface area contributed by atoms with E-state index in [-0.39, 0.29) is 17.6 Å². The maximum atomic E-state index is 12.0. The van der Waals surface area contributed by atoms with Gasteiger partial charge in [-0.1, -0.05) is 19.1 Å². The van der Waals surface area contributed by atoms with Crippen LogP contribution in [0.3, 0.4) is 0 Å². The third-order valence-corrected chi connectivity index (χ3v) is 4.58. The van der Waals surface area contributed by atoms with Gasteiger partial charge in [-0.25, -0.2) is 4.99 Å². The number of guanidine groups is 1. The van der Waals surface area contributed by atoms with Crippen molar-refractivity contribution in [2.75, 3.05) is 39.3 Å². The molecule has 2 N–H and O–H groups in total. The summed E-state index contributed by atoms with van der Waals surface area (Å²) in [5.74, 6) is 0.904. The summed E-state index contributed by atoms with van der Waals surface area (Å²) >= 11 is 0. The lowest BCUT2D eigenvalue weighted by atomic mass is 10.2. The molecule has 9 nitrogen and oxygen atoms in total. The van der Waals surface area contributed by atoms with Gasteiger partial charge in [0, 0.05) is 50.9 Å². The molecule has 0 atom stereocenters. The van der Waals surface area contributed by atoms with Gasteiger partial charge in [0.05, 0.1) is 18.0 Å². The van der Waals surface area contributed by atoms with E-state index in [1.165, 1.54) is 12.1 Å². The number of rotatable bonds is 8. The third-order valence-electron chi connectivity index (χ3n) is 4.58. The standard InChI is InChI=1S/C20H32N6O3/c1-4-9-21-20(22-14-17-5-7-18(8-6-17)26(28)29)25-12-10-24(11-13-25)15-19(27)23-16(2)3/h5-8,16H,4,9-15H2,1-3H3,(H,21,22)(H,23,27). The first-order chi connectivity index (χ1) is 13.9. The Kier molecular flexibility index (Phi) is 8.85. The van der Waals surface area contributed by atoms with Crippen molar-refractivity contribution in [1.82, 2.24) is 20.4 Å². The van der Waals surface area contributed by atoms with Crippen LogP contribution in [0, 0.1) is 10.1 Å². The first kappa shape index (κ1) is 22.6. The van der Waals surface area contributed by atoms with E-state index in [1.54, 1.807) is 12.1 Å². The normalized spacial score (nSPS) is 15.4. The van der Waals surface area contributed by atoms with Crippen LogP contribution in [0.2, 0.25) is 0 Å². The molecule has 1 aliphatic heterocycles. The van der Waals surface area contributed by atoms with Crippen molar-refractivity contribution >= 4 is 17.6 Å². The Bertz CT molecular complexity index is 697. The molecular formula is C20H32N6O3. The molecule has 0 radical (unpaired) electrons. The Morgan fingerprint density at radius 2 is 1.86 bits per heavy atom. The van der Waals surface area contributed by atoms with E-state index in [4.69, 9.17) is 4.99 Å². The third kappa shape index (κ3) is 7.69. The Morgan fingerprint density at radius 1 is 1.21 bits per heavy atom. The summed E-state index contributed by atoms with van der Waals surface area (Å²) in [6.45, 7) is 10.9. The molecule has 1 amide bonds. The Morgan fingerprint density at radius 3 is 2.41 bits per heavy atom. The van der Waals surface area contributed by atoms with Crippen LogP contribution in [-0.2, 0) is 11.3 Å². The van der Waals surface area contributed by atoms with E-state index in [0.29, 0.717) is 13.1 Å². The fourth-order valence-corrected chi connectivity index (χ4v) is 3.08. The number of carbonyl (C=O) groups excluding carboxylic acids is 1. The van der Waals surface area contributed by atoms with Crippen LogP contribution in [0.15, 0.2) is 29.3 Å². The van der Waals surface area contributed by atoms with E-state index in [0.717, 1.165) is 50.7 Å². The van der Waals surface area contributed by atoms with Crippen LogP contribution in [0.4, 0.5) is 5.69 Å². The van der Waals surface area contributed by atoms with Gasteiger partial charge in [-0.05, 0) is 25.8 Å². The van der Waals surface area contributed by atoms with Crippen molar-refractivity contribution in [2.45, 2.75) is 39.8 Å². The van der Waals surface area contributed by atoms with E-state index >= 15 is 0 Å². The number of nitrogens with one attached hydrogen (secondary N) is 2. The van der Waals surface area contributed by atoms with Gasteiger partial charge in [0.25, 0.3) is 5.69 Å². The zero-order valence-electron chi connectivity index (χ0n) is 17.6. The molecule has 0 aliphatic carbocycles. The zero-order valence-corrected chi connectivity index (χ0v) is 17.6. The Labute approximate surface area is 172 Å². The Balaban J connectivity index is 1.93. The summed E-state index contributed by atoms with van der Waals surface area (Å²) in [4.78, 5) is 31.4. The molecular weight excluding hydrogens is 372 g/mol. The minimum atomic E-state index is -0.401. The molecule has 0 aromatic heterocycles. The average Bonchev–Trinajstić information content (AvgIpc) is 2.68. The van der Waals surface area contributed by atoms with Crippen molar-refractivity contribution in [3.05, 3.63) is 39.9 Å². The highest BCUT2D eigenvalue weighted by molar-refractivity contribution is 5.80. The quantitative estimate of drug-likeness (QED) is 0.295. The lowest BCUT2D eigenvalue weighted by Crippen LogP contribution is -2.54. The topological polar surface area (TPSA) is 103 Å². The van der Waals surface area contributed by atoms with Gasteiger partial charge in [-0.3, -0.25) is 19.8 Å². The number of amides is 1. The molecule has 2 rings (SSSR count). The van der Waals surface area contributed by atoms with Gasteiger partial charge in [-0.15, -0.1) is 0 Å². The zero-order chi connectivity index (χ0) is 21.2. The summed E-state index contributed by atoms with van der Waals surface area (Å²) < 4.78 is 0. The van der Waals surface area contributed by atoms with Crippen LogP contribution in [0.5, 0.6) is 0 Å². The lowest BCUT2D eigenvalue weighted by Gasteiger charge is -2.36. The lowest BCUT2D eigenvalue weighted by molar-refractivity contribution is -0.384. The SMILES string of the molecule is CCCNC(=NCc1ccc([N+](=O)[O-])cc1)N1CCN(CC(=O)NC(C)C)CC1. The number of aliphatic imine (C=N–C) groups is 1. The maximum Gasteiger partial charge on any atom is 0.269 e. The Hall–Kier alpha value is -2.68. The highest BCUT2D eigenvalue weighted by Gasteiger charge is 2.21. The van der Waals surface area contributed by atoms with Gasteiger partial charge >= 0.3 is 0 Å². The van der Waals surface area contributed by atoms with Gasteiger partial charge in [0.2, 0.25) is 5.91 Å². The number of non-ortho nitro benzene ring substituents is 1. The van der Waals surface area contributed by atoms with Crippen LogP contribution in [-0.4, -0.2) is 71.9 Å². The molecule has 1 fully saturated rings. The molecule has 0 bridgehead atoms. The van der Waals surface area contributed by atoms with Crippen molar-refractivity contribution in [3.8, 4) is 0 Å². The van der Waals surface area contributed by atoms with Gasteiger partial charge in [0.15, 0.2) is 5.96 Å². The van der Waals surface area contributed by atoms with Crippen LogP contribution < -0.4 is 10.6 Å². The molecule has 9 heteroatoms. The summed E-state index contributed by atoms with van der Waals surface area (Å²) in [5, 5.41) is 17.1. The summed E-state index contributed by atoms with van der Waals surface area (Å²) in [6, 6.07) is 6.64. The largest absolute Gasteiger partial charge is 0.356 e. The van der Waals surface area contributed by atoms with E-state index in [9.17, 15) is 14.9 Å². The van der Waals surface area contributed by atoms with Crippen LogP contribution >= 0.6 is 0 Å². The van der Waals surface area contributed by atoms with Gasteiger partial charge in [0.1, 0.15) is 0 Å². The van der Waals surface area contributed by atoms with E-state index in [2.05, 4.69) is 27.4 Å². The monoisotopic (exact) mass is 404 g/mol. The number of hydrogen-bond donors (Lipinski definition) is 2. The first-order valence-corrected chi connectivity index (χ1v) is 10.2. The highest BCUT2D eigenvalue weighted by atomic mass is 16.6. The molecule has 1 saturated heterocycles. The smallest absolute Gasteiger partial charge is 0.269 e. The molecule has 0 spiro atoms. The molecule has 29 heavy (non-hydrogen) atoms. The van der Waals surface area contributed by atoms with E-state index in [1.807, 2.05) is 13.8 Å². The second-order valence-corrected chi connectivity index (χ2v) is 7.48. The van der Waals surface area contributed by atoms with Crippen LogP contribution in [0.1, 0.15) is 32.8 Å². The number of benzene rings is 1. The molecule has 1 aromatic rings. The molecule has 160 valence electrons. The molecule has 0 saturated carbocycles. The fraction of sp³-hybridized carbons (Fsp3) is 0.600. The van der Waals surface area contributed by atoms with E-state index < -0.39 is 4.92 Å². The minimum absolute atomic E-state index is 0.0598. The molecule has 1 aliphatic rings. The van der Waals surface area contributed by atoms with Gasteiger partial charge < -0.3 is 15.5 Å². The number of nitro groups is 1. The van der Waals surface area contributed by atoms with Gasteiger partial charge in [-0.2, -0.15) is 0 Å². The van der Waals surface area contributed by atoms with Crippen molar-refractivity contribution in [1.29, 1.82) is 0 Å². The van der Waals surface area contributed by atoms with Crippen molar-refractivity contribution in [3.63, 3.8) is 0 Å². The second-order valence-electron chi connectivity index (χ2n) is 7.48. The summed E-state index contributed by atoms with van der Waals surface area (Å²) in [6.07, 6.45) is 0.992. The molecule has 0 unspecified atom stereocenters. The molecule has 1 aromatic carbocycles.